The van der Waals surface area contributed by atoms with E-state index < -0.39 is 0 Å². The van der Waals surface area contributed by atoms with Crippen molar-refractivity contribution in [2.45, 2.75) is 39.3 Å². The molecule has 6 nitrogen and oxygen atoms in total. The molecule has 1 atom stereocenters. The molecular weight excluding hydrogens is 318 g/mol. The number of nitrogens with zero attached hydrogens (tertiary/aromatic N) is 2. The highest BCUT2D eigenvalue weighted by atomic mass is 16.5. The normalized spacial score (nSPS) is 17.5. The van der Waals surface area contributed by atoms with Crippen LogP contribution in [-0.2, 0) is 17.7 Å². The maximum absolute atomic E-state index is 12.4. The predicted octanol–water partition coefficient (Wildman–Crippen LogP) is 2.83. The van der Waals surface area contributed by atoms with Crippen molar-refractivity contribution in [1.82, 2.24) is 15.2 Å². The monoisotopic (exact) mass is 343 g/mol. The second kappa shape index (κ2) is 8.16. The van der Waals surface area contributed by atoms with Gasteiger partial charge >= 0.3 is 6.03 Å². The second-order valence-electron chi connectivity index (χ2n) is 6.37. The van der Waals surface area contributed by atoms with E-state index in [1.807, 2.05) is 36.9 Å². The van der Waals surface area contributed by atoms with Gasteiger partial charge in [0.1, 0.15) is 5.76 Å². The van der Waals surface area contributed by atoms with Crippen molar-refractivity contribution in [3.8, 4) is 0 Å². The van der Waals surface area contributed by atoms with Crippen molar-refractivity contribution in [1.29, 1.82) is 0 Å². The summed E-state index contributed by atoms with van der Waals surface area (Å²) in [4.78, 5) is 18.5. The number of carbonyl (C=O) groups excluding carboxylic acids is 1. The summed E-state index contributed by atoms with van der Waals surface area (Å²) in [6.07, 6.45) is 1.94. The van der Waals surface area contributed by atoms with Crippen molar-refractivity contribution in [3.05, 3.63) is 53.2 Å². The maximum Gasteiger partial charge on any atom is 0.318 e. The molecule has 2 amide bonds. The van der Waals surface area contributed by atoms with Crippen LogP contribution < -0.4 is 5.32 Å². The van der Waals surface area contributed by atoms with E-state index in [2.05, 4.69) is 22.4 Å². The number of amides is 2. The number of nitrogens with one attached hydrogen (secondary N) is 1. The molecule has 1 aromatic heterocycles. The first-order valence-electron chi connectivity index (χ1n) is 8.73. The molecule has 3 rings (SSSR count). The summed E-state index contributed by atoms with van der Waals surface area (Å²) in [6, 6.07) is 10.2. The molecule has 0 bridgehead atoms. The van der Waals surface area contributed by atoms with Gasteiger partial charge in [-0.05, 0) is 32.3 Å². The van der Waals surface area contributed by atoms with Crippen LogP contribution in [0.3, 0.4) is 0 Å². The van der Waals surface area contributed by atoms with Gasteiger partial charge in [-0.1, -0.05) is 30.3 Å². The summed E-state index contributed by atoms with van der Waals surface area (Å²) in [5.41, 5.74) is 2.15. The Balaban J connectivity index is 1.46. The zero-order valence-electron chi connectivity index (χ0n) is 14.8. The lowest BCUT2D eigenvalue weighted by molar-refractivity contribution is -0.0177. The molecule has 25 heavy (non-hydrogen) atoms. The third kappa shape index (κ3) is 4.82. The van der Waals surface area contributed by atoms with Crippen molar-refractivity contribution < 1.29 is 13.9 Å². The summed E-state index contributed by atoms with van der Waals surface area (Å²) >= 11 is 0. The van der Waals surface area contributed by atoms with E-state index in [0.29, 0.717) is 32.1 Å². The number of oxazole rings is 1. The maximum atomic E-state index is 12.4. The number of rotatable bonds is 5. The van der Waals surface area contributed by atoms with Crippen LogP contribution in [-0.4, -0.2) is 41.7 Å². The number of urea groups is 1. The average molecular weight is 343 g/mol. The zero-order chi connectivity index (χ0) is 17.6. The molecule has 1 N–H and O–H groups in total. The molecule has 1 aromatic carbocycles. The smallest absolute Gasteiger partial charge is 0.318 e. The van der Waals surface area contributed by atoms with Crippen molar-refractivity contribution in [2.75, 3.05) is 19.7 Å². The van der Waals surface area contributed by atoms with Crippen LogP contribution in [0.4, 0.5) is 4.79 Å². The molecule has 1 fully saturated rings. The van der Waals surface area contributed by atoms with Gasteiger partial charge in [0.25, 0.3) is 0 Å². The fourth-order valence-corrected chi connectivity index (χ4v) is 2.93. The second-order valence-corrected chi connectivity index (χ2v) is 6.37. The fraction of sp³-hybridized carbons (Fsp3) is 0.474. The lowest BCUT2D eigenvalue weighted by Crippen LogP contribution is -2.49. The Hall–Kier alpha value is -2.34. The molecular formula is C19H25N3O3. The minimum atomic E-state index is -0.0958. The minimum Gasteiger partial charge on any atom is -0.444 e. The summed E-state index contributed by atoms with van der Waals surface area (Å²) in [5.74, 6) is 1.33. The molecule has 1 aliphatic heterocycles. The molecule has 2 heterocycles. The van der Waals surface area contributed by atoms with E-state index in [0.717, 1.165) is 24.3 Å². The van der Waals surface area contributed by atoms with E-state index in [4.69, 9.17) is 9.15 Å². The number of ether oxygens (including phenoxy) is 1. The zero-order valence-corrected chi connectivity index (χ0v) is 14.8. The summed E-state index contributed by atoms with van der Waals surface area (Å²) < 4.78 is 11.3. The van der Waals surface area contributed by atoms with Crippen LogP contribution in [0.25, 0.3) is 0 Å². The molecule has 0 aliphatic carbocycles. The number of benzene rings is 1. The molecule has 1 saturated heterocycles. The number of morpholine rings is 1. The minimum absolute atomic E-state index is 0.0749. The summed E-state index contributed by atoms with van der Waals surface area (Å²) in [6.45, 7) is 5.86. The van der Waals surface area contributed by atoms with Gasteiger partial charge in [-0.2, -0.15) is 0 Å². The molecule has 2 aromatic rings. The Labute approximate surface area is 148 Å². The third-order valence-electron chi connectivity index (χ3n) is 4.49. The average Bonchev–Trinajstić information content (AvgIpc) is 2.97. The number of carbonyl (C=O) groups is 1. The highest BCUT2D eigenvalue weighted by Crippen LogP contribution is 2.13. The molecule has 0 saturated carbocycles. The van der Waals surface area contributed by atoms with Crippen LogP contribution in [0.1, 0.15) is 29.3 Å². The van der Waals surface area contributed by atoms with E-state index in [1.54, 1.807) is 0 Å². The van der Waals surface area contributed by atoms with Crippen molar-refractivity contribution >= 4 is 6.03 Å². The third-order valence-corrected chi connectivity index (χ3v) is 4.49. The van der Waals surface area contributed by atoms with Crippen LogP contribution >= 0.6 is 0 Å². The van der Waals surface area contributed by atoms with E-state index >= 15 is 0 Å². The van der Waals surface area contributed by atoms with Crippen LogP contribution in [0.2, 0.25) is 0 Å². The first kappa shape index (κ1) is 17.5. The molecule has 134 valence electrons. The highest BCUT2D eigenvalue weighted by Gasteiger charge is 2.24. The fourth-order valence-electron chi connectivity index (χ4n) is 2.93. The summed E-state index contributed by atoms with van der Waals surface area (Å²) in [5, 5.41) is 2.88. The molecule has 0 radical (unpaired) electrons. The van der Waals surface area contributed by atoms with Crippen molar-refractivity contribution in [2.24, 2.45) is 0 Å². The van der Waals surface area contributed by atoms with E-state index in [-0.39, 0.29) is 12.1 Å². The highest BCUT2D eigenvalue weighted by molar-refractivity contribution is 5.74. The van der Waals surface area contributed by atoms with Crippen molar-refractivity contribution in [3.63, 3.8) is 0 Å². The lowest BCUT2D eigenvalue weighted by atomic mass is 10.1. The Morgan fingerprint density at radius 1 is 1.32 bits per heavy atom. The standard InChI is InChI=1S/C19H25N3O3/c1-14-15(2)25-18(21-14)12-20-19(23)22-10-11-24-17(13-22)9-8-16-6-4-3-5-7-16/h3-7,17H,8-13H2,1-2H3,(H,20,23)/t17-/m1/s1. The summed E-state index contributed by atoms with van der Waals surface area (Å²) in [7, 11) is 0. The topological polar surface area (TPSA) is 67.6 Å². The van der Waals surface area contributed by atoms with Gasteiger partial charge in [0.15, 0.2) is 0 Å². The Morgan fingerprint density at radius 3 is 2.84 bits per heavy atom. The van der Waals surface area contributed by atoms with E-state index in [9.17, 15) is 4.79 Å². The first-order valence-corrected chi connectivity index (χ1v) is 8.73. The van der Waals surface area contributed by atoms with Gasteiger partial charge in [0.2, 0.25) is 5.89 Å². The first-order chi connectivity index (χ1) is 12.1. The molecule has 6 heteroatoms. The predicted molar refractivity (Wildman–Crippen MR) is 94.3 cm³/mol. The van der Waals surface area contributed by atoms with E-state index in [1.165, 1.54) is 5.56 Å². The molecule has 0 unspecified atom stereocenters. The lowest BCUT2D eigenvalue weighted by Gasteiger charge is -2.33. The van der Waals surface area contributed by atoms with Gasteiger partial charge in [-0.3, -0.25) is 0 Å². The van der Waals surface area contributed by atoms with Gasteiger partial charge in [0, 0.05) is 13.1 Å². The quantitative estimate of drug-likeness (QED) is 0.906. The van der Waals surface area contributed by atoms with Gasteiger partial charge in [0.05, 0.1) is 24.9 Å². The number of aromatic nitrogens is 1. The number of aryl methyl sites for hydroxylation is 3. The van der Waals surface area contributed by atoms with Gasteiger partial charge < -0.3 is 19.4 Å². The largest absolute Gasteiger partial charge is 0.444 e. The Bertz CT molecular complexity index is 680. The van der Waals surface area contributed by atoms with Crippen LogP contribution in [0, 0.1) is 13.8 Å². The van der Waals surface area contributed by atoms with Crippen LogP contribution in [0.5, 0.6) is 0 Å². The number of hydrogen-bond acceptors (Lipinski definition) is 4. The van der Waals surface area contributed by atoms with Crippen LogP contribution in [0.15, 0.2) is 34.7 Å². The van der Waals surface area contributed by atoms with Gasteiger partial charge in [-0.15, -0.1) is 0 Å². The molecule has 1 aliphatic rings. The van der Waals surface area contributed by atoms with Gasteiger partial charge in [-0.25, -0.2) is 9.78 Å². The Morgan fingerprint density at radius 2 is 2.12 bits per heavy atom. The molecule has 0 spiro atoms. The number of hydrogen-bond donors (Lipinski definition) is 1. The Kier molecular flexibility index (Phi) is 5.71. The SMILES string of the molecule is Cc1nc(CNC(=O)N2CCO[C@H](CCc3ccccc3)C2)oc1C.